The van der Waals surface area contributed by atoms with Crippen molar-refractivity contribution in [2.45, 2.75) is 44.9 Å². The molecule has 2 aliphatic rings. The Labute approximate surface area is 475 Å². The number of para-hydroxylation sites is 2. The predicted octanol–water partition coefficient (Wildman–Crippen LogP) is 20.8. The van der Waals surface area contributed by atoms with Gasteiger partial charge < -0.3 is 9.80 Å². The number of nitrogens with zero attached hydrogens (tertiary/aromatic N) is 2. The van der Waals surface area contributed by atoms with Gasteiger partial charge in [-0.3, -0.25) is 0 Å². The summed E-state index contributed by atoms with van der Waals surface area (Å²) in [5, 5.41) is 0. The first-order valence-electron chi connectivity index (χ1n) is 27.9. The third kappa shape index (κ3) is 11.0. The Morgan fingerprint density at radius 3 is 1.18 bits per heavy atom. The molecular weight excluding hydrogens is 965 g/mol. The van der Waals surface area contributed by atoms with Gasteiger partial charge in [-0.25, -0.2) is 0 Å². The largest absolute Gasteiger partial charge is 0.341 e. The molecule has 0 saturated carbocycles. The van der Waals surface area contributed by atoms with Crippen LogP contribution < -0.4 is 9.80 Å². The maximum atomic E-state index is 4.20. The van der Waals surface area contributed by atoms with Crippen LogP contribution in [-0.2, 0) is 10.8 Å². The zero-order chi connectivity index (χ0) is 55.1. The molecule has 2 heterocycles. The van der Waals surface area contributed by atoms with Crippen LogP contribution in [0.4, 0.5) is 22.7 Å². The molecule has 0 fully saturated rings. The normalized spacial score (nSPS) is 13.8. The van der Waals surface area contributed by atoms with Crippen LogP contribution in [0.2, 0.25) is 0 Å². The van der Waals surface area contributed by atoms with E-state index in [2.05, 4.69) is 330 Å². The maximum absolute atomic E-state index is 4.20. The fourth-order valence-corrected chi connectivity index (χ4v) is 11.6. The highest BCUT2D eigenvalue weighted by Crippen LogP contribution is 2.50. The third-order valence-electron chi connectivity index (χ3n) is 16.0. The number of anilines is 4. The minimum absolute atomic E-state index is 0.138. The van der Waals surface area contributed by atoms with Crippen LogP contribution in [0.15, 0.2) is 304 Å². The topological polar surface area (TPSA) is 6.48 Å². The highest BCUT2D eigenvalue weighted by molar-refractivity contribution is 5.93. The molecule has 0 bridgehead atoms. The van der Waals surface area contributed by atoms with Crippen LogP contribution in [0.25, 0.3) is 45.6 Å². The summed E-state index contributed by atoms with van der Waals surface area (Å²) in [7, 11) is 0. The molecule has 0 aromatic heterocycles. The Kier molecular flexibility index (Phi) is 15.3. The van der Waals surface area contributed by atoms with E-state index in [1.54, 1.807) is 0 Å². The predicted molar refractivity (Wildman–Crippen MR) is 344 cm³/mol. The second-order valence-corrected chi connectivity index (χ2v) is 21.9. The third-order valence-corrected chi connectivity index (χ3v) is 16.0. The average molecular weight is 1030 g/mol. The molecule has 2 aliphatic heterocycles. The number of allylic oxidation sites excluding steroid dienone is 3. The molecule has 0 N–H and O–H groups in total. The number of hydrogen-bond donors (Lipinski definition) is 0. The van der Waals surface area contributed by atoms with Crippen molar-refractivity contribution < 1.29 is 0 Å². The number of fused-ring (bicyclic) bond motifs is 2. The van der Waals surface area contributed by atoms with Crippen LogP contribution in [0, 0.1) is 0 Å². The summed E-state index contributed by atoms with van der Waals surface area (Å²) in [5.74, 6) is 0. The summed E-state index contributed by atoms with van der Waals surface area (Å²) < 4.78 is 0. The van der Waals surface area contributed by atoms with Gasteiger partial charge in [-0.05, 0) is 162 Å². The van der Waals surface area contributed by atoms with Crippen LogP contribution in [-0.4, -0.2) is 6.54 Å². The van der Waals surface area contributed by atoms with Crippen molar-refractivity contribution in [1.82, 2.24) is 0 Å². The van der Waals surface area contributed by atoms with E-state index >= 15 is 0 Å². The summed E-state index contributed by atoms with van der Waals surface area (Å²) in [5.41, 5.74) is 24.3. The average Bonchev–Trinajstić information content (AvgIpc) is 3.59. The zero-order valence-electron chi connectivity index (χ0n) is 46.4. The Balaban J connectivity index is 0.000000170. The second-order valence-electron chi connectivity index (χ2n) is 21.9. The Bertz CT molecular complexity index is 3770. The van der Waals surface area contributed by atoms with E-state index in [1.807, 2.05) is 12.2 Å². The van der Waals surface area contributed by atoms with Gasteiger partial charge in [-0.1, -0.05) is 265 Å². The molecule has 0 unspecified atom stereocenters. The zero-order valence-corrected chi connectivity index (χ0v) is 46.4. The molecule has 0 atom stereocenters. The summed E-state index contributed by atoms with van der Waals surface area (Å²) in [6.45, 7) is 18.7. The van der Waals surface area contributed by atoms with Crippen LogP contribution in [0.1, 0.15) is 78.6 Å². The lowest BCUT2D eigenvalue weighted by Gasteiger charge is -2.42. The van der Waals surface area contributed by atoms with Gasteiger partial charge in [0.15, 0.2) is 0 Å². The Morgan fingerprint density at radius 1 is 0.388 bits per heavy atom. The molecule has 0 spiro atoms. The summed E-state index contributed by atoms with van der Waals surface area (Å²) in [6, 6.07) is 95.4. The van der Waals surface area contributed by atoms with Gasteiger partial charge in [0.25, 0.3) is 0 Å². The lowest BCUT2D eigenvalue weighted by Crippen LogP contribution is -2.34. The van der Waals surface area contributed by atoms with E-state index in [9.17, 15) is 0 Å². The SMILES string of the molecule is C=CC1=C(C=C)C(C)(C)c2cc(-c3ccc(C=C(c4ccccc4)c4ccccc4)cc3)ccc2N1c1ccccc1.CC1(C)CCN(c2ccccc2)c2ccc(-c3ccc(C=C(c4ccccc4)c4ccccc4)cc3)cc21. The van der Waals surface area contributed by atoms with Gasteiger partial charge >= 0.3 is 0 Å². The lowest BCUT2D eigenvalue weighted by molar-refractivity contribution is 0.467. The second kappa shape index (κ2) is 23.2. The molecule has 10 aromatic carbocycles. The summed E-state index contributed by atoms with van der Waals surface area (Å²) in [4.78, 5) is 4.77. The minimum atomic E-state index is -0.231. The summed E-state index contributed by atoms with van der Waals surface area (Å²) in [6.07, 6.45) is 9.64. The molecule has 2 heteroatoms. The van der Waals surface area contributed by atoms with E-state index in [0.29, 0.717) is 0 Å². The minimum Gasteiger partial charge on any atom is -0.341 e. The first-order chi connectivity index (χ1) is 39.1. The number of benzene rings is 10. The van der Waals surface area contributed by atoms with Crippen molar-refractivity contribution in [3.05, 3.63) is 348 Å². The van der Waals surface area contributed by atoms with E-state index in [4.69, 9.17) is 0 Å². The standard InChI is InChI=1S/C41H35N.C37H33N/c1-5-37-39(6-2)42(35-20-14-9-15-21-35)40-27-26-34(29-38(40)41(37,3)4)31-24-22-30(23-25-31)28-36(32-16-10-7-11-17-32)33-18-12-8-13-19-33;1-37(2)24-25-38(33-16-10-5-11-17-33)36-23-22-32(27-35(36)37)29-20-18-28(19-21-29)26-34(30-12-6-3-7-13-30)31-14-8-4-9-15-31/h5-29H,1-2H2,3-4H3;3-23,26-27H,24-25H2,1-2H3. The van der Waals surface area contributed by atoms with Crippen molar-refractivity contribution in [2.75, 3.05) is 16.3 Å². The van der Waals surface area contributed by atoms with Gasteiger partial charge in [-0.2, -0.15) is 0 Å². The van der Waals surface area contributed by atoms with E-state index in [0.717, 1.165) is 24.4 Å². The quantitative estimate of drug-likeness (QED) is 0.113. The fraction of sp³-hybridized carbons (Fsp3) is 0.103. The van der Waals surface area contributed by atoms with Crippen molar-refractivity contribution in [3.8, 4) is 22.3 Å². The highest BCUT2D eigenvalue weighted by Gasteiger charge is 2.37. The Morgan fingerprint density at radius 2 is 0.762 bits per heavy atom. The fourth-order valence-electron chi connectivity index (χ4n) is 11.6. The monoisotopic (exact) mass is 1030 g/mol. The molecule has 0 saturated heterocycles. The van der Waals surface area contributed by atoms with Crippen LogP contribution >= 0.6 is 0 Å². The highest BCUT2D eigenvalue weighted by atomic mass is 15.2. The molecule has 10 aromatic rings. The molecular formula is C78H68N2. The molecule has 0 amide bonds. The molecule has 0 radical (unpaired) electrons. The van der Waals surface area contributed by atoms with Crippen molar-refractivity contribution in [1.29, 1.82) is 0 Å². The van der Waals surface area contributed by atoms with Crippen molar-refractivity contribution in [3.63, 3.8) is 0 Å². The molecule has 12 rings (SSSR count). The van der Waals surface area contributed by atoms with E-state index in [-0.39, 0.29) is 10.8 Å². The lowest BCUT2D eigenvalue weighted by atomic mass is 9.72. The van der Waals surface area contributed by atoms with E-state index in [1.165, 1.54) is 101 Å². The van der Waals surface area contributed by atoms with Crippen molar-refractivity contribution >= 4 is 46.0 Å². The first kappa shape index (κ1) is 52.5. The molecule has 2 nitrogen and oxygen atoms in total. The van der Waals surface area contributed by atoms with E-state index < -0.39 is 0 Å². The van der Waals surface area contributed by atoms with Gasteiger partial charge in [0, 0.05) is 34.7 Å². The first-order valence-corrected chi connectivity index (χ1v) is 27.9. The van der Waals surface area contributed by atoms with Crippen LogP contribution in [0.3, 0.4) is 0 Å². The van der Waals surface area contributed by atoms with Gasteiger partial charge in [-0.15, -0.1) is 0 Å². The molecule has 0 aliphatic carbocycles. The number of hydrogen-bond acceptors (Lipinski definition) is 2. The maximum Gasteiger partial charge on any atom is 0.0503 e. The van der Waals surface area contributed by atoms with Crippen LogP contribution in [0.5, 0.6) is 0 Å². The van der Waals surface area contributed by atoms with Gasteiger partial charge in [0.1, 0.15) is 0 Å². The smallest absolute Gasteiger partial charge is 0.0503 e. The number of rotatable bonds is 12. The van der Waals surface area contributed by atoms with Gasteiger partial charge in [0.2, 0.25) is 0 Å². The molecule has 390 valence electrons. The Hall–Kier alpha value is -9.50. The summed E-state index contributed by atoms with van der Waals surface area (Å²) >= 11 is 0. The molecule has 80 heavy (non-hydrogen) atoms. The van der Waals surface area contributed by atoms with Crippen molar-refractivity contribution in [2.24, 2.45) is 0 Å². The van der Waals surface area contributed by atoms with Gasteiger partial charge in [0.05, 0.1) is 5.69 Å².